The molecule has 0 bridgehead atoms. The van der Waals surface area contributed by atoms with Gasteiger partial charge in [0.05, 0.1) is 12.4 Å². The second-order valence-electron chi connectivity index (χ2n) is 4.35. The molecule has 0 spiro atoms. The van der Waals surface area contributed by atoms with E-state index in [1.165, 1.54) is 38.5 Å². The van der Waals surface area contributed by atoms with Crippen molar-refractivity contribution in [3.05, 3.63) is 0 Å². The summed E-state index contributed by atoms with van der Waals surface area (Å²) in [6.45, 7) is 2.64. The normalized spacial score (nSPS) is 11.9. The molecule has 0 rings (SSSR count). The van der Waals surface area contributed by atoms with Crippen molar-refractivity contribution in [2.24, 2.45) is 5.73 Å². The van der Waals surface area contributed by atoms with E-state index in [-0.39, 0.29) is 12.3 Å². The lowest BCUT2D eigenvalue weighted by Gasteiger charge is -2.04. The molecule has 0 aliphatic rings. The zero-order chi connectivity index (χ0) is 13.0. The summed E-state index contributed by atoms with van der Waals surface area (Å²) < 4.78 is 27.1. The summed E-state index contributed by atoms with van der Waals surface area (Å²) in [7, 11) is -3.36. The molecule has 0 aliphatic carbocycles. The molecule has 5 heteroatoms. The Morgan fingerprint density at radius 3 is 2.00 bits per heavy atom. The fourth-order valence-corrected chi connectivity index (χ4v) is 2.40. The first-order valence-corrected chi connectivity index (χ1v) is 8.27. The smallest absolute Gasteiger partial charge is 0.268 e. The Hall–Kier alpha value is -0.130. The fourth-order valence-electron chi connectivity index (χ4n) is 1.63. The molecular weight excluding hydrogens is 238 g/mol. The maximum Gasteiger partial charge on any atom is 0.268 e. The zero-order valence-corrected chi connectivity index (χ0v) is 11.8. The van der Waals surface area contributed by atoms with Crippen LogP contribution in [-0.2, 0) is 14.3 Å². The number of hydrogen-bond donors (Lipinski definition) is 1. The molecule has 0 aromatic rings. The van der Waals surface area contributed by atoms with Gasteiger partial charge in [0.15, 0.2) is 0 Å². The highest BCUT2D eigenvalue weighted by atomic mass is 32.2. The van der Waals surface area contributed by atoms with Crippen molar-refractivity contribution in [3.63, 3.8) is 0 Å². The number of rotatable bonds is 12. The zero-order valence-electron chi connectivity index (χ0n) is 11.0. The Balaban J connectivity index is 3.24. The summed E-state index contributed by atoms with van der Waals surface area (Å²) in [5.74, 6) is -0.0793. The summed E-state index contributed by atoms with van der Waals surface area (Å²) >= 11 is 0. The van der Waals surface area contributed by atoms with E-state index in [4.69, 9.17) is 9.92 Å². The maximum atomic E-state index is 11.1. The third kappa shape index (κ3) is 12.1. The molecule has 0 aliphatic heterocycles. The Bertz CT molecular complexity index is 252. The predicted molar refractivity (Wildman–Crippen MR) is 71.4 cm³/mol. The molecule has 0 aromatic heterocycles. The van der Waals surface area contributed by atoms with Crippen LogP contribution in [0.2, 0.25) is 0 Å². The van der Waals surface area contributed by atoms with Crippen LogP contribution in [0.5, 0.6) is 0 Å². The topological polar surface area (TPSA) is 69.4 Å². The van der Waals surface area contributed by atoms with E-state index in [1.54, 1.807) is 0 Å². The van der Waals surface area contributed by atoms with E-state index < -0.39 is 10.1 Å². The van der Waals surface area contributed by atoms with Gasteiger partial charge in [0.1, 0.15) is 0 Å². The molecule has 0 atom stereocenters. The van der Waals surface area contributed by atoms with Gasteiger partial charge in [-0.2, -0.15) is 8.42 Å². The lowest BCUT2D eigenvalue weighted by Crippen LogP contribution is -2.18. The van der Waals surface area contributed by atoms with Gasteiger partial charge in [0.2, 0.25) is 0 Å². The van der Waals surface area contributed by atoms with Gasteiger partial charge in [-0.15, -0.1) is 0 Å². The highest BCUT2D eigenvalue weighted by Gasteiger charge is 2.08. The van der Waals surface area contributed by atoms with E-state index in [0.717, 1.165) is 12.8 Å². The lowest BCUT2D eigenvalue weighted by atomic mass is 10.1. The van der Waals surface area contributed by atoms with Crippen molar-refractivity contribution in [1.82, 2.24) is 0 Å². The van der Waals surface area contributed by atoms with Crippen LogP contribution in [0.4, 0.5) is 0 Å². The van der Waals surface area contributed by atoms with E-state index in [2.05, 4.69) is 6.92 Å². The Morgan fingerprint density at radius 1 is 0.941 bits per heavy atom. The molecule has 2 N–H and O–H groups in total. The van der Waals surface area contributed by atoms with E-state index in [1.807, 2.05) is 0 Å². The molecule has 0 radical (unpaired) electrons. The minimum Gasteiger partial charge on any atom is -0.329 e. The van der Waals surface area contributed by atoms with E-state index in [9.17, 15) is 8.42 Å². The van der Waals surface area contributed by atoms with Crippen molar-refractivity contribution < 1.29 is 12.6 Å². The minimum atomic E-state index is -3.36. The van der Waals surface area contributed by atoms with Gasteiger partial charge in [-0.05, 0) is 6.42 Å². The van der Waals surface area contributed by atoms with Crippen LogP contribution in [0.1, 0.15) is 58.3 Å². The largest absolute Gasteiger partial charge is 0.329 e. The standard InChI is InChI=1S/C12H27NO3S/c1-2-3-4-5-6-7-8-9-11-16-17(14,15)12-10-13/h2-13H2,1H3. The first kappa shape index (κ1) is 16.9. The molecular formula is C12H27NO3S. The Morgan fingerprint density at radius 2 is 1.47 bits per heavy atom. The average molecular weight is 265 g/mol. The Labute approximate surface area is 106 Å². The van der Waals surface area contributed by atoms with E-state index in [0.29, 0.717) is 6.61 Å². The van der Waals surface area contributed by atoms with Gasteiger partial charge >= 0.3 is 0 Å². The van der Waals surface area contributed by atoms with Crippen LogP contribution in [-0.4, -0.2) is 27.3 Å². The molecule has 0 unspecified atom stereocenters. The first-order valence-electron chi connectivity index (χ1n) is 6.69. The quantitative estimate of drug-likeness (QED) is 0.434. The SMILES string of the molecule is CCCCCCCCCCOS(=O)(=O)CCN. The van der Waals surface area contributed by atoms with Crippen LogP contribution < -0.4 is 5.73 Å². The second kappa shape index (κ2) is 11.0. The summed E-state index contributed by atoms with van der Waals surface area (Å²) in [5, 5.41) is 0. The fraction of sp³-hybridized carbons (Fsp3) is 1.00. The molecule has 104 valence electrons. The third-order valence-corrected chi connectivity index (χ3v) is 3.89. The monoisotopic (exact) mass is 265 g/mol. The highest BCUT2D eigenvalue weighted by molar-refractivity contribution is 7.86. The van der Waals surface area contributed by atoms with Crippen LogP contribution in [0.25, 0.3) is 0 Å². The summed E-state index contributed by atoms with van der Waals surface area (Å²) in [6, 6.07) is 0. The van der Waals surface area contributed by atoms with Gasteiger partial charge in [0.25, 0.3) is 10.1 Å². The Kier molecular flexibility index (Phi) is 10.9. The summed E-state index contributed by atoms with van der Waals surface area (Å²) in [4.78, 5) is 0. The van der Waals surface area contributed by atoms with Gasteiger partial charge in [-0.3, -0.25) is 4.18 Å². The van der Waals surface area contributed by atoms with Crippen LogP contribution in [0.3, 0.4) is 0 Å². The molecule has 0 amide bonds. The van der Waals surface area contributed by atoms with Crippen LogP contribution >= 0.6 is 0 Å². The molecule has 0 saturated carbocycles. The van der Waals surface area contributed by atoms with Gasteiger partial charge in [0, 0.05) is 6.54 Å². The number of nitrogens with two attached hydrogens (primary N) is 1. The molecule has 0 saturated heterocycles. The predicted octanol–water partition coefficient (Wildman–Crippen LogP) is 2.43. The van der Waals surface area contributed by atoms with Crippen molar-refractivity contribution in [1.29, 1.82) is 0 Å². The maximum absolute atomic E-state index is 11.1. The highest BCUT2D eigenvalue weighted by Crippen LogP contribution is 2.08. The number of hydrogen-bond acceptors (Lipinski definition) is 4. The second-order valence-corrected chi connectivity index (χ2v) is 6.11. The number of unbranched alkanes of at least 4 members (excludes halogenated alkanes) is 7. The van der Waals surface area contributed by atoms with Crippen LogP contribution in [0.15, 0.2) is 0 Å². The average Bonchev–Trinajstić information content (AvgIpc) is 2.27. The van der Waals surface area contributed by atoms with Gasteiger partial charge < -0.3 is 5.73 Å². The molecule has 0 aromatic carbocycles. The molecule has 17 heavy (non-hydrogen) atoms. The van der Waals surface area contributed by atoms with Crippen molar-refractivity contribution in [2.75, 3.05) is 18.9 Å². The third-order valence-electron chi connectivity index (χ3n) is 2.63. The van der Waals surface area contributed by atoms with E-state index >= 15 is 0 Å². The first-order chi connectivity index (χ1) is 8.12. The summed E-state index contributed by atoms with van der Waals surface area (Å²) in [5.41, 5.74) is 5.17. The molecule has 4 nitrogen and oxygen atoms in total. The van der Waals surface area contributed by atoms with Gasteiger partial charge in [-0.1, -0.05) is 51.9 Å². The molecule has 0 heterocycles. The summed E-state index contributed by atoms with van der Waals surface area (Å²) in [6.07, 6.45) is 9.48. The van der Waals surface area contributed by atoms with Gasteiger partial charge in [-0.25, -0.2) is 0 Å². The van der Waals surface area contributed by atoms with Crippen LogP contribution in [0, 0.1) is 0 Å². The minimum absolute atomic E-state index is 0.0793. The van der Waals surface area contributed by atoms with Crippen molar-refractivity contribution in [2.45, 2.75) is 58.3 Å². The lowest BCUT2D eigenvalue weighted by molar-refractivity contribution is 0.306. The van der Waals surface area contributed by atoms with Crippen molar-refractivity contribution >= 4 is 10.1 Å². The van der Waals surface area contributed by atoms with Crippen molar-refractivity contribution in [3.8, 4) is 0 Å². The molecule has 0 fully saturated rings.